The summed E-state index contributed by atoms with van der Waals surface area (Å²) in [5.74, 6) is -0.223. The van der Waals surface area contributed by atoms with Crippen LogP contribution >= 0.6 is 0 Å². The van der Waals surface area contributed by atoms with E-state index in [0.717, 1.165) is 89.9 Å². The summed E-state index contributed by atoms with van der Waals surface area (Å²) < 4.78 is 16.6. The number of carbonyl (C=O) groups is 2. The monoisotopic (exact) mass is 910 g/mol. The normalized spacial score (nSPS) is 20.0. The Labute approximate surface area is 391 Å². The Morgan fingerprint density at radius 3 is 1.50 bits per heavy atom. The third kappa shape index (κ3) is 33.6. The Morgan fingerprint density at radius 2 is 1.00 bits per heavy atom. The molecule has 376 valence electrons. The summed E-state index contributed by atoms with van der Waals surface area (Å²) in [5, 5.41) is 54.1. The van der Waals surface area contributed by atoms with Gasteiger partial charge in [-0.1, -0.05) is 192 Å². The molecule has 0 radical (unpaired) electrons. The molecule has 0 saturated carbocycles. The molecule has 11 nitrogen and oxygen atoms in total. The molecule has 64 heavy (non-hydrogen) atoms. The van der Waals surface area contributed by atoms with E-state index < -0.39 is 49.5 Å². The van der Waals surface area contributed by atoms with Gasteiger partial charge in [-0.15, -0.1) is 0 Å². The van der Waals surface area contributed by atoms with Gasteiger partial charge in [-0.2, -0.15) is 0 Å². The van der Waals surface area contributed by atoms with Crippen LogP contribution in [0.1, 0.15) is 239 Å². The van der Waals surface area contributed by atoms with E-state index in [4.69, 9.17) is 14.2 Å². The first-order valence-electron chi connectivity index (χ1n) is 26.6. The Hall–Kier alpha value is -1.86. The molecule has 7 atom stereocenters. The Kier molecular flexibility index (Phi) is 41.1. The maximum Gasteiger partial charge on any atom is 0.305 e. The summed E-state index contributed by atoms with van der Waals surface area (Å²) in [6, 6.07) is -0.819. The van der Waals surface area contributed by atoms with Crippen molar-refractivity contribution in [2.24, 2.45) is 0 Å². The molecule has 1 aliphatic rings. The summed E-state index contributed by atoms with van der Waals surface area (Å²) in [7, 11) is 0. The van der Waals surface area contributed by atoms with Gasteiger partial charge in [0, 0.05) is 12.8 Å². The highest BCUT2D eigenvalue weighted by Crippen LogP contribution is 2.23. The summed E-state index contributed by atoms with van der Waals surface area (Å²) >= 11 is 0. The predicted molar refractivity (Wildman–Crippen MR) is 260 cm³/mol. The summed E-state index contributed by atoms with van der Waals surface area (Å²) in [5.41, 5.74) is 0. The number of ether oxygens (including phenoxy) is 3. The molecular weight excluding hydrogens is 811 g/mol. The standard InChI is InChI=1S/C53H99NO10/c1-3-5-7-9-11-13-20-25-29-33-37-41-49(58)62-42-38-34-30-26-22-19-17-15-14-16-18-21-24-28-32-36-40-48(57)54-45(46(56)39-35-31-27-23-12-10-8-6-4-2)44-63-53-52(61)51(60)50(59)47(43-55)64-53/h14,16,35,39,45-47,50-53,55-56,59-61H,3-13,15,17-34,36-38,40-44H2,1-2H3,(H,54,57)/b16-14-,39-35+. The Morgan fingerprint density at radius 1 is 0.562 bits per heavy atom. The number of unbranched alkanes of at least 4 members (excludes halogenated alkanes) is 29. The molecule has 1 amide bonds. The third-order valence-corrected chi connectivity index (χ3v) is 12.6. The van der Waals surface area contributed by atoms with Crippen LogP contribution in [0.5, 0.6) is 0 Å². The van der Waals surface area contributed by atoms with Crippen molar-refractivity contribution in [3.63, 3.8) is 0 Å². The second-order valence-corrected chi connectivity index (χ2v) is 18.6. The zero-order valence-electron chi connectivity index (χ0n) is 41.0. The van der Waals surface area contributed by atoms with Crippen LogP contribution in [-0.2, 0) is 23.8 Å². The number of esters is 1. The van der Waals surface area contributed by atoms with Gasteiger partial charge >= 0.3 is 5.97 Å². The zero-order valence-corrected chi connectivity index (χ0v) is 41.0. The topological polar surface area (TPSA) is 175 Å². The maximum atomic E-state index is 12.9. The third-order valence-electron chi connectivity index (χ3n) is 12.6. The molecule has 7 unspecified atom stereocenters. The van der Waals surface area contributed by atoms with Crippen molar-refractivity contribution in [1.29, 1.82) is 0 Å². The number of allylic oxidation sites excluding steroid dienone is 3. The van der Waals surface area contributed by atoms with Gasteiger partial charge < -0.3 is 45.1 Å². The largest absolute Gasteiger partial charge is 0.466 e. The molecule has 0 aromatic rings. The maximum absolute atomic E-state index is 12.9. The summed E-state index contributed by atoms with van der Waals surface area (Å²) in [6.07, 6.45) is 39.8. The summed E-state index contributed by atoms with van der Waals surface area (Å²) in [6.45, 7) is 4.26. The lowest BCUT2D eigenvalue weighted by molar-refractivity contribution is -0.302. The van der Waals surface area contributed by atoms with Crippen LogP contribution in [0.2, 0.25) is 0 Å². The number of hydrogen-bond acceptors (Lipinski definition) is 10. The van der Waals surface area contributed by atoms with E-state index in [1.807, 2.05) is 6.08 Å². The fraction of sp³-hybridized carbons (Fsp3) is 0.887. The van der Waals surface area contributed by atoms with Crippen molar-refractivity contribution < 1.29 is 49.3 Å². The van der Waals surface area contributed by atoms with Gasteiger partial charge in [0.05, 0.1) is 32.0 Å². The Bertz CT molecular complexity index is 1120. The average molecular weight is 910 g/mol. The molecule has 1 saturated heterocycles. The highest BCUT2D eigenvalue weighted by atomic mass is 16.7. The van der Waals surface area contributed by atoms with E-state index in [1.54, 1.807) is 6.08 Å². The second kappa shape index (κ2) is 43.7. The number of carbonyl (C=O) groups excluding carboxylic acids is 2. The first kappa shape index (κ1) is 60.2. The van der Waals surface area contributed by atoms with Crippen LogP contribution in [0.3, 0.4) is 0 Å². The van der Waals surface area contributed by atoms with Gasteiger partial charge in [-0.3, -0.25) is 9.59 Å². The van der Waals surface area contributed by atoms with E-state index >= 15 is 0 Å². The van der Waals surface area contributed by atoms with Gasteiger partial charge in [0.15, 0.2) is 6.29 Å². The van der Waals surface area contributed by atoms with E-state index in [9.17, 15) is 35.1 Å². The van der Waals surface area contributed by atoms with Crippen LogP contribution in [0.15, 0.2) is 24.3 Å². The first-order valence-corrected chi connectivity index (χ1v) is 26.6. The zero-order chi connectivity index (χ0) is 46.7. The molecule has 0 aromatic carbocycles. The van der Waals surface area contributed by atoms with E-state index in [1.165, 1.54) is 122 Å². The van der Waals surface area contributed by atoms with Crippen molar-refractivity contribution in [2.75, 3.05) is 19.8 Å². The van der Waals surface area contributed by atoms with Crippen molar-refractivity contribution in [2.45, 2.75) is 281 Å². The van der Waals surface area contributed by atoms with Crippen LogP contribution in [0.25, 0.3) is 0 Å². The first-order chi connectivity index (χ1) is 31.2. The molecule has 1 rings (SSSR count). The van der Waals surface area contributed by atoms with E-state index in [0.29, 0.717) is 19.4 Å². The minimum Gasteiger partial charge on any atom is -0.466 e. The molecule has 0 aromatic heterocycles. The number of nitrogens with one attached hydrogen (secondary N) is 1. The van der Waals surface area contributed by atoms with E-state index in [-0.39, 0.29) is 18.5 Å². The van der Waals surface area contributed by atoms with Gasteiger partial charge in [0.1, 0.15) is 24.4 Å². The lowest BCUT2D eigenvalue weighted by atomic mass is 9.99. The number of aliphatic hydroxyl groups excluding tert-OH is 5. The fourth-order valence-electron chi connectivity index (χ4n) is 8.25. The van der Waals surface area contributed by atoms with Crippen LogP contribution in [0.4, 0.5) is 0 Å². The van der Waals surface area contributed by atoms with Crippen LogP contribution in [0, 0.1) is 0 Å². The average Bonchev–Trinajstić information content (AvgIpc) is 3.29. The molecule has 1 fully saturated rings. The molecule has 0 spiro atoms. The van der Waals surface area contributed by atoms with Crippen LogP contribution < -0.4 is 5.32 Å². The van der Waals surface area contributed by atoms with Crippen LogP contribution in [-0.4, -0.2) is 100 Å². The fourth-order valence-corrected chi connectivity index (χ4v) is 8.25. The van der Waals surface area contributed by atoms with Crippen molar-refractivity contribution in [1.82, 2.24) is 5.32 Å². The van der Waals surface area contributed by atoms with Gasteiger partial charge in [0.25, 0.3) is 0 Å². The molecule has 0 bridgehead atoms. The number of hydrogen-bond donors (Lipinski definition) is 6. The van der Waals surface area contributed by atoms with Crippen molar-refractivity contribution in [3.8, 4) is 0 Å². The molecule has 11 heteroatoms. The van der Waals surface area contributed by atoms with Gasteiger partial charge in [-0.05, 0) is 57.8 Å². The minimum absolute atomic E-state index is 0.0217. The lowest BCUT2D eigenvalue weighted by Gasteiger charge is -2.40. The van der Waals surface area contributed by atoms with Gasteiger partial charge in [-0.25, -0.2) is 0 Å². The van der Waals surface area contributed by atoms with Gasteiger partial charge in [0.2, 0.25) is 5.91 Å². The molecule has 1 heterocycles. The number of amides is 1. The molecular formula is C53H99NO10. The summed E-state index contributed by atoms with van der Waals surface area (Å²) in [4.78, 5) is 25.0. The highest BCUT2D eigenvalue weighted by molar-refractivity contribution is 5.76. The molecule has 1 aliphatic heterocycles. The molecule has 0 aliphatic carbocycles. The number of aliphatic hydroxyl groups is 5. The Balaban J connectivity index is 2.12. The van der Waals surface area contributed by atoms with E-state index in [2.05, 4.69) is 31.3 Å². The molecule has 6 N–H and O–H groups in total. The minimum atomic E-state index is -1.57. The lowest BCUT2D eigenvalue weighted by Crippen LogP contribution is -2.60. The highest BCUT2D eigenvalue weighted by Gasteiger charge is 2.44. The van der Waals surface area contributed by atoms with Crippen molar-refractivity contribution >= 4 is 11.9 Å². The predicted octanol–water partition coefficient (Wildman–Crippen LogP) is 11.0. The second-order valence-electron chi connectivity index (χ2n) is 18.6. The quantitative estimate of drug-likeness (QED) is 0.0196. The SMILES string of the molecule is CCCCCCCCC/C=C/C(O)C(COC1OC(CO)C(O)C(O)C1O)NC(=O)CCCCCCC/C=C\CCCCCCCCCOC(=O)CCCCCCCCCCCCC. The smallest absolute Gasteiger partial charge is 0.305 e. The number of rotatable bonds is 45. The van der Waals surface area contributed by atoms with Crippen molar-refractivity contribution in [3.05, 3.63) is 24.3 Å².